The maximum absolute atomic E-state index is 11.6. The largest absolute Gasteiger partial charge is 0.497 e. The van der Waals surface area contributed by atoms with Crippen molar-refractivity contribution in [3.05, 3.63) is 24.0 Å². The molecule has 0 radical (unpaired) electrons. The van der Waals surface area contributed by atoms with Crippen LogP contribution in [0.5, 0.6) is 11.5 Å². The molecule has 1 aliphatic carbocycles. The maximum atomic E-state index is 11.6. The van der Waals surface area contributed by atoms with Gasteiger partial charge in [0, 0.05) is 0 Å². The molecule has 5 heteroatoms. The van der Waals surface area contributed by atoms with Crippen LogP contribution in [0.2, 0.25) is 0 Å². The zero-order valence-corrected chi connectivity index (χ0v) is 14.2. The van der Waals surface area contributed by atoms with E-state index in [9.17, 15) is 9.90 Å². The molecule has 3 rings (SSSR count). The van der Waals surface area contributed by atoms with Gasteiger partial charge in [-0.25, -0.2) is 4.79 Å². The van der Waals surface area contributed by atoms with Crippen molar-refractivity contribution in [2.24, 2.45) is 5.92 Å². The predicted octanol–water partition coefficient (Wildman–Crippen LogP) is 4.88. The Labute approximate surface area is 141 Å². The molecule has 130 valence electrons. The summed E-state index contributed by atoms with van der Waals surface area (Å²) in [5.41, 5.74) is 0.502. The molecular weight excluding hydrogens is 308 g/mol. The van der Waals surface area contributed by atoms with Crippen molar-refractivity contribution in [2.45, 2.75) is 51.6 Å². The lowest BCUT2D eigenvalue weighted by Crippen LogP contribution is -2.28. The molecule has 1 aromatic heterocycles. The summed E-state index contributed by atoms with van der Waals surface area (Å²) in [5, 5.41) is 10.1. The fourth-order valence-corrected chi connectivity index (χ4v) is 3.61. The number of aromatic carboxylic acids is 1. The van der Waals surface area contributed by atoms with E-state index >= 15 is 0 Å². The molecule has 1 saturated carbocycles. The fourth-order valence-electron chi connectivity index (χ4n) is 3.61. The highest BCUT2D eigenvalue weighted by molar-refractivity contribution is 5.98. The minimum absolute atomic E-state index is 0.00963. The van der Waals surface area contributed by atoms with Crippen LogP contribution >= 0.6 is 0 Å². The molecule has 0 aliphatic heterocycles. The van der Waals surface area contributed by atoms with E-state index in [1.807, 2.05) is 0 Å². The molecule has 0 bridgehead atoms. The molecule has 5 nitrogen and oxygen atoms in total. The zero-order chi connectivity index (χ0) is 17.1. The van der Waals surface area contributed by atoms with Crippen molar-refractivity contribution in [2.75, 3.05) is 7.11 Å². The van der Waals surface area contributed by atoms with Crippen LogP contribution < -0.4 is 9.47 Å². The van der Waals surface area contributed by atoms with Crippen molar-refractivity contribution in [3.63, 3.8) is 0 Å². The number of carbonyl (C=O) groups is 1. The van der Waals surface area contributed by atoms with Gasteiger partial charge < -0.3 is 19.0 Å². The van der Waals surface area contributed by atoms with E-state index in [4.69, 9.17) is 13.9 Å². The summed E-state index contributed by atoms with van der Waals surface area (Å²) < 4.78 is 17.0. The zero-order valence-electron chi connectivity index (χ0n) is 14.2. The molecule has 1 fully saturated rings. The lowest BCUT2D eigenvalue weighted by molar-refractivity contribution is 0.0637. The van der Waals surface area contributed by atoms with Crippen molar-refractivity contribution in [1.82, 2.24) is 0 Å². The molecule has 1 aliphatic rings. The van der Waals surface area contributed by atoms with Crippen molar-refractivity contribution < 1.29 is 23.8 Å². The summed E-state index contributed by atoms with van der Waals surface area (Å²) >= 11 is 0. The second-order valence-corrected chi connectivity index (χ2v) is 6.39. The van der Waals surface area contributed by atoms with Gasteiger partial charge in [-0.05, 0) is 43.4 Å². The molecule has 1 aromatic carbocycles. The van der Waals surface area contributed by atoms with Gasteiger partial charge in [-0.2, -0.15) is 0 Å². The predicted molar refractivity (Wildman–Crippen MR) is 91.0 cm³/mol. The Hall–Kier alpha value is -2.17. The fraction of sp³-hybridized carbons (Fsp3) is 0.526. The molecule has 0 amide bonds. The first-order valence-corrected chi connectivity index (χ1v) is 8.64. The minimum Gasteiger partial charge on any atom is -0.497 e. The first-order chi connectivity index (χ1) is 11.6. The summed E-state index contributed by atoms with van der Waals surface area (Å²) in [4.78, 5) is 11.6. The Morgan fingerprint density at radius 2 is 2.08 bits per heavy atom. The summed E-state index contributed by atoms with van der Waals surface area (Å²) in [6.07, 6.45) is 6.85. The number of hydrogen-bond acceptors (Lipinski definition) is 4. The Bertz CT molecular complexity index is 712. The van der Waals surface area contributed by atoms with E-state index in [1.54, 1.807) is 25.3 Å². The molecule has 1 atom stereocenters. The van der Waals surface area contributed by atoms with E-state index in [1.165, 1.54) is 19.3 Å². The second kappa shape index (κ2) is 7.16. The third-order valence-corrected chi connectivity index (χ3v) is 4.89. The first-order valence-electron chi connectivity index (χ1n) is 8.64. The van der Waals surface area contributed by atoms with Crippen LogP contribution in [0.1, 0.15) is 56.0 Å². The van der Waals surface area contributed by atoms with Gasteiger partial charge in [0.1, 0.15) is 17.4 Å². The van der Waals surface area contributed by atoms with Gasteiger partial charge in [0.05, 0.1) is 12.5 Å². The van der Waals surface area contributed by atoms with Crippen LogP contribution in [0, 0.1) is 5.92 Å². The minimum atomic E-state index is -1.11. The van der Waals surface area contributed by atoms with Gasteiger partial charge in [-0.1, -0.05) is 26.2 Å². The molecule has 0 saturated heterocycles. The number of hydrogen-bond donors (Lipinski definition) is 1. The van der Waals surface area contributed by atoms with E-state index in [0.717, 1.165) is 19.3 Å². The van der Waals surface area contributed by atoms with E-state index in [0.29, 0.717) is 28.4 Å². The highest BCUT2D eigenvalue weighted by Crippen LogP contribution is 2.38. The van der Waals surface area contributed by atoms with E-state index in [-0.39, 0.29) is 11.9 Å². The third-order valence-electron chi connectivity index (χ3n) is 4.89. The van der Waals surface area contributed by atoms with Gasteiger partial charge in [0.25, 0.3) is 5.76 Å². The van der Waals surface area contributed by atoms with Crippen LogP contribution in [0.4, 0.5) is 0 Å². The Balaban J connectivity index is 1.98. The number of fused-ring (bicyclic) bond motifs is 1. The number of benzene rings is 1. The number of carboxylic acids is 1. The van der Waals surface area contributed by atoms with Crippen LogP contribution in [0.15, 0.2) is 22.6 Å². The average Bonchev–Trinajstić information content (AvgIpc) is 2.98. The number of rotatable bonds is 6. The molecule has 0 spiro atoms. The van der Waals surface area contributed by atoms with Crippen LogP contribution in [0.3, 0.4) is 0 Å². The quantitative estimate of drug-likeness (QED) is 0.816. The SMILES string of the molecule is CCC(Oc1c(C(=O)O)oc2ccc(OC)cc12)C1CCCCC1. The third kappa shape index (κ3) is 3.21. The van der Waals surface area contributed by atoms with Gasteiger partial charge in [0.15, 0.2) is 5.75 Å². The van der Waals surface area contributed by atoms with Crippen molar-refractivity contribution in [3.8, 4) is 11.5 Å². The van der Waals surface area contributed by atoms with Gasteiger partial charge in [0.2, 0.25) is 0 Å². The molecule has 24 heavy (non-hydrogen) atoms. The van der Waals surface area contributed by atoms with E-state index < -0.39 is 5.97 Å². The smallest absolute Gasteiger partial charge is 0.375 e. The number of furan rings is 1. The maximum Gasteiger partial charge on any atom is 0.375 e. The molecule has 2 aromatic rings. The van der Waals surface area contributed by atoms with Crippen LogP contribution in [-0.2, 0) is 0 Å². The standard InChI is InChI=1S/C19H24O5/c1-3-15(12-7-5-4-6-8-12)23-17-14-11-13(22-2)9-10-16(14)24-18(17)19(20)21/h9-12,15H,3-8H2,1-2H3,(H,20,21). The molecule has 1 unspecified atom stereocenters. The number of carboxylic acid groups (broad SMARTS) is 1. The summed E-state index contributed by atoms with van der Waals surface area (Å²) in [6, 6.07) is 5.24. The summed E-state index contributed by atoms with van der Waals surface area (Å²) in [5.74, 6) is 0.205. The lowest BCUT2D eigenvalue weighted by atomic mass is 9.84. The lowest BCUT2D eigenvalue weighted by Gasteiger charge is -2.29. The van der Waals surface area contributed by atoms with Gasteiger partial charge in [-0.15, -0.1) is 0 Å². The van der Waals surface area contributed by atoms with Crippen LogP contribution in [-0.4, -0.2) is 24.3 Å². The number of ether oxygens (including phenoxy) is 2. The topological polar surface area (TPSA) is 68.9 Å². The molecular formula is C19H24O5. The van der Waals surface area contributed by atoms with Gasteiger partial charge >= 0.3 is 5.97 Å². The molecule has 1 heterocycles. The summed E-state index contributed by atoms with van der Waals surface area (Å²) in [6.45, 7) is 2.09. The molecule has 1 N–H and O–H groups in total. The second-order valence-electron chi connectivity index (χ2n) is 6.39. The number of methoxy groups -OCH3 is 1. The highest BCUT2D eigenvalue weighted by Gasteiger charge is 2.29. The van der Waals surface area contributed by atoms with Crippen molar-refractivity contribution in [1.29, 1.82) is 0 Å². The Kier molecular flexibility index (Phi) is 4.97. The Morgan fingerprint density at radius 3 is 2.71 bits per heavy atom. The van der Waals surface area contributed by atoms with Crippen LogP contribution in [0.25, 0.3) is 11.0 Å². The summed E-state index contributed by atoms with van der Waals surface area (Å²) in [7, 11) is 1.58. The van der Waals surface area contributed by atoms with Gasteiger partial charge in [-0.3, -0.25) is 0 Å². The Morgan fingerprint density at radius 1 is 1.33 bits per heavy atom. The normalized spacial score (nSPS) is 16.9. The van der Waals surface area contributed by atoms with Crippen molar-refractivity contribution >= 4 is 16.9 Å². The monoisotopic (exact) mass is 332 g/mol. The van der Waals surface area contributed by atoms with E-state index in [2.05, 4.69) is 6.92 Å². The average molecular weight is 332 g/mol. The first kappa shape index (κ1) is 16.7. The highest BCUT2D eigenvalue weighted by atomic mass is 16.5.